The molecule has 72 valence electrons. The van der Waals surface area contributed by atoms with Gasteiger partial charge in [-0.25, -0.2) is 0 Å². The van der Waals surface area contributed by atoms with Crippen LogP contribution in [0.2, 0.25) is 5.02 Å². The molecule has 3 heteroatoms. The van der Waals surface area contributed by atoms with Crippen molar-refractivity contribution in [3.63, 3.8) is 0 Å². The molecule has 0 aromatic heterocycles. The first-order valence-corrected chi connectivity index (χ1v) is 5.52. The maximum atomic E-state index is 9.65. The Morgan fingerprint density at radius 3 is 2.54 bits per heavy atom. The zero-order chi connectivity index (χ0) is 10.1. The molecule has 0 saturated carbocycles. The van der Waals surface area contributed by atoms with E-state index in [0.717, 1.165) is 10.9 Å². The fourth-order valence-electron chi connectivity index (χ4n) is 1.15. The second-order valence-electron chi connectivity index (χ2n) is 3.68. The van der Waals surface area contributed by atoms with Gasteiger partial charge in [0, 0.05) is 21.3 Å². The Morgan fingerprint density at radius 1 is 1.46 bits per heavy atom. The molecule has 1 N–H and O–H groups in total. The lowest BCUT2D eigenvalue weighted by atomic mass is 9.86. The smallest absolute Gasteiger partial charge is 0.120 e. The molecule has 0 aliphatic heterocycles. The van der Waals surface area contributed by atoms with E-state index in [4.69, 9.17) is 11.6 Å². The highest BCUT2D eigenvalue weighted by Gasteiger charge is 2.22. The van der Waals surface area contributed by atoms with E-state index >= 15 is 0 Å². The predicted molar refractivity (Wildman–Crippen MR) is 59.9 cm³/mol. The highest BCUT2D eigenvalue weighted by atomic mass is 79.9. The van der Waals surface area contributed by atoms with Crippen LogP contribution in [0.1, 0.15) is 19.4 Å². The number of halogens is 2. The zero-order valence-electron chi connectivity index (χ0n) is 7.64. The summed E-state index contributed by atoms with van der Waals surface area (Å²) >= 11 is 9.15. The fraction of sp³-hybridized carbons (Fsp3) is 0.400. The van der Waals surface area contributed by atoms with Gasteiger partial charge in [0.25, 0.3) is 0 Å². The molecule has 0 radical (unpaired) electrons. The monoisotopic (exact) mass is 262 g/mol. The summed E-state index contributed by atoms with van der Waals surface area (Å²) in [4.78, 5) is 0. The van der Waals surface area contributed by atoms with Crippen molar-refractivity contribution in [3.8, 4) is 5.75 Å². The Kier molecular flexibility index (Phi) is 3.25. The summed E-state index contributed by atoms with van der Waals surface area (Å²) in [5.41, 5.74) is 0.836. The summed E-state index contributed by atoms with van der Waals surface area (Å²) in [5.74, 6) is 0.261. The molecular formula is C10H12BrClO. The van der Waals surface area contributed by atoms with Gasteiger partial charge < -0.3 is 5.11 Å². The third-order valence-electron chi connectivity index (χ3n) is 2.02. The standard InChI is InChI=1S/C10H12BrClO/c1-10(2,6-11)8-4-3-7(12)5-9(8)13/h3-5,13H,6H2,1-2H3. The van der Waals surface area contributed by atoms with Gasteiger partial charge in [-0.2, -0.15) is 0 Å². The topological polar surface area (TPSA) is 20.2 Å². The molecule has 0 unspecified atom stereocenters. The van der Waals surface area contributed by atoms with Crippen molar-refractivity contribution >= 4 is 27.5 Å². The number of aromatic hydroxyl groups is 1. The van der Waals surface area contributed by atoms with Crippen LogP contribution in [0.5, 0.6) is 5.75 Å². The molecule has 0 aliphatic rings. The minimum atomic E-state index is -0.0747. The van der Waals surface area contributed by atoms with E-state index in [1.165, 1.54) is 0 Å². The summed E-state index contributed by atoms with van der Waals surface area (Å²) in [7, 11) is 0. The predicted octanol–water partition coefficient (Wildman–Crippen LogP) is 3.72. The third kappa shape index (κ3) is 2.38. The third-order valence-corrected chi connectivity index (χ3v) is 3.66. The molecule has 0 atom stereocenters. The van der Waals surface area contributed by atoms with Crippen molar-refractivity contribution in [3.05, 3.63) is 28.8 Å². The first-order valence-electron chi connectivity index (χ1n) is 4.02. The number of alkyl halides is 1. The lowest BCUT2D eigenvalue weighted by molar-refractivity contribution is 0.449. The van der Waals surface area contributed by atoms with E-state index in [9.17, 15) is 5.11 Å². The summed E-state index contributed by atoms with van der Waals surface area (Å²) in [6.45, 7) is 4.12. The maximum absolute atomic E-state index is 9.65. The highest BCUT2D eigenvalue weighted by Crippen LogP contribution is 2.33. The number of rotatable bonds is 2. The minimum Gasteiger partial charge on any atom is -0.508 e. The van der Waals surface area contributed by atoms with Crippen molar-refractivity contribution in [2.45, 2.75) is 19.3 Å². The minimum absolute atomic E-state index is 0.0747. The van der Waals surface area contributed by atoms with E-state index < -0.39 is 0 Å². The van der Waals surface area contributed by atoms with Crippen molar-refractivity contribution in [2.24, 2.45) is 0 Å². The van der Waals surface area contributed by atoms with Crippen LogP contribution >= 0.6 is 27.5 Å². The van der Waals surface area contributed by atoms with Crippen LogP contribution in [0.3, 0.4) is 0 Å². The van der Waals surface area contributed by atoms with Crippen LogP contribution in [0, 0.1) is 0 Å². The van der Waals surface area contributed by atoms with E-state index in [2.05, 4.69) is 29.8 Å². The number of hydrogen-bond donors (Lipinski definition) is 1. The molecule has 13 heavy (non-hydrogen) atoms. The SMILES string of the molecule is CC(C)(CBr)c1ccc(Cl)cc1O. The summed E-state index contributed by atoms with van der Waals surface area (Å²) < 4.78 is 0. The van der Waals surface area contributed by atoms with Gasteiger partial charge >= 0.3 is 0 Å². The number of phenols is 1. The van der Waals surface area contributed by atoms with Gasteiger partial charge in [-0.15, -0.1) is 0 Å². The second kappa shape index (κ2) is 3.89. The van der Waals surface area contributed by atoms with Gasteiger partial charge in [0.05, 0.1) is 0 Å². The van der Waals surface area contributed by atoms with E-state index in [0.29, 0.717) is 5.02 Å². The first kappa shape index (κ1) is 10.9. The average Bonchev–Trinajstić information content (AvgIpc) is 2.03. The number of hydrogen-bond acceptors (Lipinski definition) is 1. The van der Waals surface area contributed by atoms with Crippen molar-refractivity contribution in [1.29, 1.82) is 0 Å². The Morgan fingerprint density at radius 2 is 2.08 bits per heavy atom. The van der Waals surface area contributed by atoms with Crippen molar-refractivity contribution in [2.75, 3.05) is 5.33 Å². The first-order chi connectivity index (χ1) is 5.97. The van der Waals surface area contributed by atoms with Gasteiger partial charge in [0.2, 0.25) is 0 Å². The Labute approximate surface area is 91.9 Å². The molecular weight excluding hydrogens is 251 g/mol. The second-order valence-corrected chi connectivity index (χ2v) is 4.68. The lowest BCUT2D eigenvalue weighted by Gasteiger charge is -2.23. The van der Waals surface area contributed by atoms with Gasteiger partial charge in [0.1, 0.15) is 5.75 Å². The highest BCUT2D eigenvalue weighted by molar-refractivity contribution is 9.09. The van der Waals surface area contributed by atoms with Crippen molar-refractivity contribution in [1.82, 2.24) is 0 Å². The lowest BCUT2D eigenvalue weighted by Crippen LogP contribution is -2.18. The molecule has 1 aromatic rings. The molecule has 0 fully saturated rings. The molecule has 0 aliphatic carbocycles. The Hall–Kier alpha value is -0.210. The van der Waals surface area contributed by atoms with Crippen LogP contribution in [0.4, 0.5) is 0 Å². The average molecular weight is 264 g/mol. The summed E-state index contributed by atoms with van der Waals surface area (Å²) in [6, 6.07) is 5.22. The van der Waals surface area contributed by atoms with Crippen LogP contribution in [0.25, 0.3) is 0 Å². The number of phenolic OH excluding ortho intramolecular Hbond substituents is 1. The molecule has 1 nitrogen and oxygen atoms in total. The Balaban J connectivity index is 3.16. The molecule has 0 saturated heterocycles. The Bertz CT molecular complexity index is 310. The molecule has 0 amide bonds. The van der Waals surface area contributed by atoms with Gasteiger partial charge in [-0.1, -0.05) is 47.4 Å². The normalized spacial score (nSPS) is 11.7. The van der Waals surface area contributed by atoms with Gasteiger partial charge in [0.15, 0.2) is 0 Å². The van der Waals surface area contributed by atoms with Crippen LogP contribution in [-0.4, -0.2) is 10.4 Å². The quantitative estimate of drug-likeness (QED) is 0.806. The molecule has 0 bridgehead atoms. The summed E-state index contributed by atoms with van der Waals surface area (Å²) in [6.07, 6.45) is 0. The van der Waals surface area contributed by atoms with E-state index in [1.807, 2.05) is 6.07 Å². The molecule has 0 spiro atoms. The summed E-state index contributed by atoms with van der Waals surface area (Å²) in [5, 5.41) is 11.0. The van der Waals surface area contributed by atoms with Crippen LogP contribution in [-0.2, 0) is 5.41 Å². The molecule has 1 aromatic carbocycles. The van der Waals surface area contributed by atoms with Gasteiger partial charge in [-0.05, 0) is 12.1 Å². The zero-order valence-corrected chi connectivity index (χ0v) is 9.98. The van der Waals surface area contributed by atoms with E-state index in [-0.39, 0.29) is 11.2 Å². The van der Waals surface area contributed by atoms with Gasteiger partial charge in [-0.3, -0.25) is 0 Å². The fourth-order valence-corrected chi connectivity index (χ4v) is 1.62. The van der Waals surface area contributed by atoms with E-state index in [1.54, 1.807) is 12.1 Å². The van der Waals surface area contributed by atoms with Crippen LogP contribution < -0.4 is 0 Å². The molecule has 0 heterocycles. The van der Waals surface area contributed by atoms with Crippen molar-refractivity contribution < 1.29 is 5.11 Å². The maximum Gasteiger partial charge on any atom is 0.120 e. The molecule has 1 rings (SSSR count). The van der Waals surface area contributed by atoms with Crippen LogP contribution in [0.15, 0.2) is 18.2 Å². The largest absolute Gasteiger partial charge is 0.508 e. The number of benzene rings is 1.